The molecule has 1 aliphatic rings. The Morgan fingerprint density at radius 3 is 2.37 bits per heavy atom. The van der Waals surface area contributed by atoms with Crippen LogP contribution in [0.5, 0.6) is 0 Å². The first kappa shape index (κ1) is 15.5. The molecule has 0 unspecified atom stereocenters. The van der Waals surface area contributed by atoms with E-state index in [0.29, 0.717) is 17.7 Å². The van der Waals surface area contributed by atoms with E-state index in [9.17, 15) is 9.59 Å². The Hall–Kier alpha value is -1.59. The second kappa shape index (κ2) is 6.54. The van der Waals surface area contributed by atoms with E-state index in [1.165, 1.54) is 0 Å². The van der Waals surface area contributed by atoms with Crippen LogP contribution < -0.4 is 11.1 Å². The van der Waals surface area contributed by atoms with Crippen molar-refractivity contribution < 1.29 is 9.59 Å². The van der Waals surface area contributed by atoms with E-state index in [1.807, 2.05) is 11.8 Å². The third-order valence-electron chi connectivity index (χ3n) is 3.18. The van der Waals surface area contributed by atoms with Crippen molar-refractivity contribution in [1.29, 1.82) is 0 Å². The van der Waals surface area contributed by atoms with Gasteiger partial charge in [-0.25, -0.2) is 0 Å². The van der Waals surface area contributed by atoms with Crippen LogP contribution in [0.1, 0.15) is 27.6 Å². The summed E-state index contributed by atoms with van der Waals surface area (Å²) in [5.41, 5.74) is 6.17. The van der Waals surface area contributed by atoms with E-state index in [1.54, 1.807) is 24.3 Å². The van der Waals surface area contributed by atoms with Gasteiger partial charge < -0.3 is 16.0 Å². The van der Waals surface area contributed by atoms with Crippen molar-refractivity contribution in [3.63, 3.8) is 0 Å². The minimum Gasteiger partial charge on any atom is -0.366 e. The average Bonchev–Trinajstić information content (AvgIpc) is 2.38. The van der Waals surface area contributed by atoms with Gasteiger partial charge in [-0.15, -0.1) is 12.4 Å². The zero-order valence-corrected chi connectivity index (χ0v) is 11.6. The number of hydrogen-bond acceptors (Lipinski definition) is 3. The number of amides is 2. The van der Waals surface area contributed by atoms with E-state index < -0.39 is 5.91 Å². The van der Waals surface area contributed by atoms with Gasteiger partial charge in [-0.05, 0) is 31.2 Å². The summed E-state index contributed by atoms with van der Waals surface area (Å²) >= 11 is 0. The molecule has 0 bridgehead atoms. The molecular weight excluding hydrogens is 266 g/mol. The molecule has 104 valence electrons. The van der Waals surface area contributed by atoms with Gasteiger partial charge in [0.05, 0.1) is 0 Å². The highest BCUT2D eigenvalue weighted by Gasteiger charge is 2.23. The van der Waals surface area contributed by atoms with Crippen LogP contribution in [-0.4, -0.2) is 42.4 Å². The molecule has 1 atom stereocenters. The molecule has 2 rings (SSSR count). The fourth-order valence-corrected chi connectivity index (χ4v) is 2.09. The van der Waals surface area contributed by atoms with Crippen molar-refractivity contribution in [2.45, 2.75) is 13.0 Å². The van der Waals surface area contributed by atoms with Crippen LogP contribution in [0.4, 0.5) is 0 Å². The molecule has 1 aromatic carbocycles. The molecule has 1 aliphatic heterocycles. The minimum atomic E-state index is -0.482. The third-order valence-corrected chi connectivity index (χ3v) is 3.18. The molecule has 1 saturated heterocycles. The van der Waals surface area contributed by atoms with E-state index in [2.05, 4.69) is 5.32 Å². The third kappa shape index (κ3) is 3.45. The normalized spacial score (nSPS) is 18.6. The molecule has 0 radical (unpaired) electrons. The minimum absolute atomic E-state index is 0. The van der Waals surface area contributed by atoms with Gasteiger partial charge in [0.1, 0.15) is 0 Å². The van der Waals surface area contributed by atoms with E-state index in [0.717, 1.165) is 13.1 Å². The molecule has 19 heavy (non-hydrogen) atoms. The number of carbonyl (C=O) groups is 2. The molecule has 1 fully saturated rings. The van der Waals surface area contributed by atoms with Crippen molar-refractivity contribution in [2.75, 3.05) is 19.6 Å². The van der Waals surface area contributed by atoms with E-state index >= 15 is 0 Å². The Bertz CT molecular complexity index is 461. The fourth-order valence-electron chi connectivity index (χ4n) is 2.09. The van der Waals surface area contributed by atoms with Crippen molar-refractivity contribution in [3.8, 4) is 0 Å². The largest absolute Gasteiger partial charge is 0.366 e. The Morgan fingerprint density at radius 1 is 1.26 bits per heavy atom. The molecule has 1 aromatic rings. The van der Waals surface area contributed by atoms with Crippen molar-refractivity contribution in [3.05, 3.63) is 35.4 Å². The van der Waals surface area contributed by atoms with Crippen molar-refractivity contribution in [2.24, 2.45) is 5.73 Å². The molecule has 6 heteroatoms. The van der Waals surface area contributed by atoms with Gasteiger partial charge in [0, 0.05) is 36.8 Å². The standard InChI is InChI=1S/C13H17N3O2.ClH/c1-9-8-15-6-7-16(9)13(18)11-4-2-10(3-5-11)12(14)17;/h2-5,9,15H,6-8H2,1H3,(H2,14,17);1H/t9-;/m0./s1. The number of nitrogens with one attached hydrogen (secondary N) is 1. The summed E-state index contributed by atoms with van der Waals surface area (Å²) in [6.07, 6.45) is 0. The van der Waals surface area contributed by atoms with Crippen LogP contribution in [0.3, 0.4) is 0 Å². The van der Waals surface area contributed by atoms with Crippen LogP contribution in [-0.2, 0) is 0 Å². The molecule has 0 saturated carbocycles. The molecule has 1 heterocycles. The number of carbonyl (C=O) groups excluding carboxylic acids is 2. The highest BCUT2D eigenvalue weighted by atomic mass is 35.5. The highest BCUT2D eigenvalue weighted by molar-refractivity contribution is 5.97. The Labute approximate surface area is 118 Å². The number of halogens is 1. The van der Waals surface area contributed by atoms with Crippen molar-refractivity contribution >= 4 is 24.2 Å². The summed E-state index contributed by atoms with van der Waals surface area (Å²) in [5, 5.41) is 3.24. The molecule has 3 N–H and O–H groups in total. The quantitative estimate of drug-likeness (QED) is 0.836. The summed E-state index contributed by atoms with van der Waals surface area (Å²) in [7, 11) is 0. The molecule has 5 nitrogen and oxygen atoms in total. The zero-order chi connectivity index (χ0) is 13.1. The summed E-state index contributed by atoms with van der Waals surface area (Å²) in [4.78, 5) is 25.1. The monoisotopic (exact) mass is 283 g/mol. The van der Waals surface area contributed by atoms with Gasteiger partial charge in [0.2, 0.25) is 5.91 Å². The number of nitrogens with zero attached hydrogens (tertiary/aromatic N) is 1. The fraction of sp³-hybridized carbons (Fsp3) is 0.385. The number of rotatable bonds is 2. The predicted octanol–water partition coefficient (Wildman–Crippen LogP) is 0.641. The van der Waals surface area contributed by atoms with Gasteiger partial charge >= 0.3 is 0 Å². The van der Waals surface area contributed by atoms with Crippen LogP contribution in [0.15, 0.2) is 24.3 Å². The SMILES string of the molecule is C[C@H]1CNCCN1C(=O)c1ccc(C(N)=O)cc1.Cl. The Balaban J connectivity index is 0.00000180. The second-order valence-corrected chi connectivity index (χ2v) is 4.49. The lowest BCUT2D eigenvalue weighted by Gasteiger charge is -2.34. The first-order valence-electron chi connectivity index (χ1n) is 6.01. The number of primary amides is 1. The molecule has 2 amide bonds. The topological polar surface area (TPSA) is 75.4 Å². The van der Waals surface area contributed by atoms with Crippen LogP contribution in [0, 0.1) is 0 Å². The predicted molar refractivity (Wildman–Crippen MR) is 75.6 cm³/mol. The molecule has 0 aliphatic carbocycles. The van der Waals surface area contributed by atoms with Crippen molar-refractivity contribution in [1.82, 2.24) is 10.2 Å². The maximum atomic E-state index is 12.3. The summed E-state index contributed by atoms with van der Waals surface area (Å²) < 4.78 is 0. The van der Waals surface area contributed by atoms with Gasteiger partial charge in [-0.1, -0.05) is 0 Å². The lowest BCUT2D eigenvalue weighted by molar-refractivity contribution is 0.0655. The van der Waals surface area contributed by atoms with Crippen LogP contribution in [0.2, 0.25) is 0 Å². The number of benzene rings is 1. The maximum absolute atomic E-state index is 12.3. The summed E-state index contributed by atoms with van der Waals surface area (Å²) in [6.45, 7) is 4.35. The molecule has 0 aromatic heterocycles. The Morgan fingerprint density at radius 2 is 1.84 bits per heavy atom. The summed E-state index contributed by atoms with van der Waals surface area (Å²) in [6, 6.07) is 6.65. The summed E-state index contributed by atoms with van der Waals surface area (Å²) in [5.74, 6) is -0.482. The lowest BCUT2D eigenvalue weighted by atomic mass is 10.1. The smallest absolute Gasteiger partial charge is 0.254 e. The Kier molecular flexibility index (Phi) is 5.32. The van der Waals surface area contributed by atoms with Crippen LogP contribution in [0.25, 0.3) is 0 Å². The zero-order valence-electron chi connectivity index (χ0n) is 10.8. The molecule has 0 spiro atoms. The van der Waals surface area contributed by atoms with Gasteiger partial charge in [-0.3, -0.25) is 9.59 Å². The molecular formula is C13H18ClN3O2. The van der Waals surface area contributed by atoms with Gasteiger partial charge in [0.25, 0.3) is 5.91 Å². The average molecular weight is 284 g/mol. The first-order valence-corrected chi connectivity index (χ1v) is 6.01. The number of piperazine rings is 1. The lowest BCUT2D eigenvalue weighted by Crippen LogP contribution is -2.52. The van der Waals surface area contributed by atoms with Gasteiger partial charge in [0.15, 0.2) is 0 Å². The van der Waals surface area contributed by atoms with E-state index in [-0.39, 0.29) is 24.4 Å². The number of nitrogens with two attached hydrogens (primary N) is 1. The highest BCUT2D eigenvalue weighted by Crippen LogP contribution is 2.11. The van der Waals surface area contributed by atoms with E-state index in [4.69, 9.17) is 5.73 Å². The first-order chi connectivity index (χ1) is 8.59. The van der Waals surface area contributed by atoms with Gasteiger partial charge in [-0.2, -0.15) is 0 Å². The van der Waals surface area contributed by atoms with Crippen LogP contribution >= 0.6 is 12.4 Å². The number of hydrogen-bond donors (Lipinski definition) is 2. The second-order valence-electron chi connectivity index (χ2n) is 4.49. The maximum Gasteiger partial charge on any atom is 0.254 e.